The van der Waals surface area contributed by atoms with Gasteiger partial charge in [-0.05, 0) is 60.1 Å². The average molecular weight is 389 g/mol. The van der Waals surface area contributed by atoms with E-state index >= 15 is 0 Å². The van der Waals surface area contributed by atoms with Crippen LogP contribution < -0.4 is 0 Å². The maximum atomic E-state index is 11.2. The Morgan fingerprint density at radius 2 is 1.07 bits per heavy atom. The van der Waals surface area contributed by atoms with Crippen LogP contribution >= 0.6 is 0 Å². The lowest BCUT2D eigenvalue weighted by atomic mass is 9.70. The first-order valence-corrected chi connectivity index (χ1v) is 9.95. The van der Waals surface area contributed by atoms with E-state index in [-0.39, 0.29) is 11.2 Å². The highest BCUT2D eigenvalue weighted by atomic mass is 16.3. The minimum atomic E-state index is -0.357. The van der Waals surface area contributed by atoms with Crippen LogP contribution in [0.4, 0.5) is 0 Å². The van der Waals surface area contributed by atoms with Crippen LogP contribution in [0.5, 0.6) is 11.5 Å². The molecule has 152 valence electrons. The Morgan fingerprint density at radius 1 is 0.690 bits per heavy atom. The Kier molecular flexibility index (Phi) is 7.28. The molecule has 2 rings (SSSR count). The van der Waals surface area contributed by atoms with Crippen molar-refractivity contribution in [2.45, 2.75) is 44.9 Å². The topological polar surface area (TPSA) is 40.5 Å². The van der Waals surface area contributed by atoms with Crippen molar-refractivity contribution in [3.63, 3.8) is 0 Å². The lowest BCUT2D eigenvalue weighted by molar-refractivity contribution is 0.460. The van der Waals surface area contributed by atoms with Gasteiger partial charge in [0.25, 0.3) is 0 Å². The maximum Gasteiger partial charge on any atom is 0.123 e. The molecule has 0 spiro atoms. The van der Waals surface area contributed by atoms with E-state index in [0.717, 1.165) is 27.8 Å². The molecule has 0 bridgehead atoms. The van der Waals surface area contributed by atoms with Crippen LogP contribution in [0.15, 0.2) is 74.9 Å². The third kappa shape index (κ3) is 4.37. The summed E-state index contributed by atoms with van der Waals surface area (Å²) >= 11 is 0. The molecule has 2 N–H and O–H groups in total. The third-order valence-electron chi connectivity index (χ3n) is 5.51. The molecular formula is C27H32O2. The van der Waals surface area contributed by atoms with Crippen molar-refractivity contribution in [3.8, 4) is 11.5 Å². The van der Waals surface area contributed by atoms with Crippen molar-refractivity contribution in [1.82, 2.24) is 0 Å². The van der Waals surface area contributed by atoms with E-state index in [4.69, 9.17) is 0 Å². The predicted octanol–water partition coefficient (Wildman–Crippen LogP) is 6.34. The van der Waals surface area contributed by atoms with Crippen LogP contribution in [-0.4, -0.2) is 10.2 Å². The van der Waals surface area contributed by atoms with E-state index in [2.05, 4.69) is 40.2 Å². The van der Waals surface area contributed by atoms with Crippen molar-refractivity contribution < 1.29 is 10.2 Å². The summed E-state index contributed by atoms with van der Waals surface area (Å²) in [5, 5.41) is 20.9. The monoisotopic (exact) mass is 388 g/mol. The fourth-order valence-electron chi connectivity index (χ4n) is 4.20. The van der Waals surface area contributed by atoms with Gasteiger partial charge >= 0.3 is 0 Å². The number of benzene rings is 2. The Hall–Kier alpha value is -3.00. The molecule has 0 aliphatic heterocycles. The average Bonchev–Trinajstić information content (AvgIpc) is 2.68. The van der Waals surface area contributed by atoms with Gasteiger partial charge in [0.05, 0.1) is 0 Å². The van der Waals surface area contributed by atoms with Crippen molar-refractivity contribution in [2.75, 3.05) is 0 Å². The van der Waals surface area contributed by atoms with Gasteiger partial charge in [-0.2, -0.15) is 0 Å². The molecule has 2 heteroatoms. The number of aromatic hydroxyl groups is 2. The molecule has 2 aromatic rings. The van der Waals surface area contributed by atoms with Crippen LogP contribution in [0.3, 0.4) is 0 Å². The lowest BCUT2D eigenvalue weighted by Crippen LogP contribution is -2.25. The highest BCUT2D eigenvalue weighted by molar-refractivity contribution is 5.61. The van der Waals surface area contributed by atoms with Gasteiger partial charge in [0.1, 0.15) is 11.5 Å². The molecule has 0 aromatic heterocycles. The first kappa shape index (κ1) is 22.3. The summed E-state index contributed by atoms with van der Waals surface area (Å²) in [7, 11) is 0. The second-order valence-corrected chi connectivity index (χ2v) is 7.78. The van der Waals surface area contributed by atoms with Gasteiger partial charge in [-0.25, -0.2) is 0 Å². The third-order valence-corrected chi connectivity index (χ3v) is 5.51. The molecule has 0 aliphatic rings. The Balaban J connectivity index is 2.99. The highest BCUT2D eigenvalue weighted by Crippen LogP contribution is 2.44. The summed E-state index contributed by atoms with van der Waals surface area (Å²) < 4.78 is 0. The SMILES string of the molecule is C=CCc1c(O)c(CC=C)c(CC=C)c(C(C)(C)c2ccc(O)cc2)c1CC=C. The fraction of sp³-hybridized carbons (Fsp3) is 0.259. The summed E-state index contributed by atoms with van der Waals surface area (Å²) in [5.41, 5.74) is 5.86. The Morgan fingerprint density at radius 3 is 1.45 bits per heavy atom. The zero-order chi connectivity index (χ0) is 21.6. The van der Waals surface area contributed by atoms with E-state index in [9.17, 15) is 10.2 Å². The summed E-state index contributed by atoms with van der Waals surface area (Å²) in [5.74, 6) is 0.566. The minimum Gasteiger partial charge on any atom is -0.508 e. The van der Waals surface area contributed by atoms with E-state index in [1.54, 1.807) is 12.1 Å². The van der Waals surface area contributed by atoms with Crippen molar-refractivity contribution in [2.24, 2.45) is 0 Å². The van der Waals surface area contributed by atoms with Crippen LogP contribution in [0.1, 0.15) is 47.2 Å². The number of phenolic OH excluding ortho intramolecular Hbond substituents is 2. The standard InChI is InChI=1S/C27H32O2/c1-7-11-21-23(13-9-3)26(29)24(14-10-4)22(12-8-2)25(21)27(5,6)19-15-17-20(28)18-16-19/h7-10,15-18,28-29H,1-4,11-14H2,5-6H3. The van der Waals surface area contributed by atoms with Gasteiger partial charge in [0, 0.05) is 16.5 Å². The van der Waals surface area contributed by atoms with Crippen LogP contribution in [0.25, 0.3) is 0 Å². The molecule has 2 aromatic carbocycles. The maximum absolute atomic E-state index is 11.2. The van der Waals surface area contributed by atoms with E-state index < -0.39 is 0 Å². The molecule has 0 fully saturated rings. The molecule has 0 heterocycles. The molecule has 0 saturated carbocycles. The second-order valence-electron chi connectivity index (χ2n) is 7.78. The number of phenols is 2. The van der Waals surface area contributed by atoms with E-state index in [0.29, 0.717) is 31.4 Å². The summed E-state index contributed by atoms with van der Waals surface area (Å²) in [6.45, 7) is 20.0. The van der Waals surface area contributed by atoms with Crippen molar-refractivity contribution in [1.29, 1.82) is 0 Å². The van der Waals surface area contributed by atoms with Gasteiger partial charge < -0.3 is 10.2 Å². The first-order valence-electron chi connectivity index (χ1n) is 9.95. The highest BCUT2D eigenvalue weighted by Gasteiger charge is 2.32. The normalized spacial score (nSPS) is 11.1. The smallest absolute Gasteiger partial charge is 0.123 e. The molecule has 0 saturated heterocycles. The van der Waals surface area contributed by atoms with Gasteiger partial charge in [-0.15, -0.1) is 26.3 Å². The minimum absolute atomic E-state index is 0.243. The summed E-state index contributed by atoms with van der Waals surface area (Å²) in [6, 6.07) is 7.34. The number of hydrogen-bond acceptors (Lipinski definition) is 2. The molecule has 0 aliphatic carbocycles. The Labute approximate surface area is 175 Å². The number of hydrogen-bond donors (Lipinski definition) is 2. The van der Waals surface area contributed by atoms with E-state index in [1.165, 1.54) is 5.56 Å². The zero-order valence-corrected chi connectivity index (χ0v) is 17.7. The van der Waals surface area contributed by atoms with Gasteiger partial charge in [-0.3, -0.25) is 0 Å². The molecule has 0 amide bonds. The molecule has 0 radical (unpaired) electrons. The van der Waals surface area contributed by atoms with E-state index in [1.807, 2.05) is 36.4 Å². The van der Waals surface area contributed by atoms with Gasteiger partial charge in [0.15, 0.2) is 0 Å². The van der Waals surface area contributed by atoms with Crippen molar-refractivity contribution >= 4 is 0 Å². The summed E-state index contributed by atoms with van der Waals surface area (Å²) in [6.07, 6.45) is 9.84. The van der Waals surface area contributed by atoms with Crippen LogP contribution in [0.2, 0.25) is 0 Å². The zero-order valence-electron chi connectivity index (χ0n) is 17.7. The van der Waals surface area contributed by atoms with Crippen LogP contribution in [0, 0.1) is 0 Å². The van der Waals surface area contributed by atoms with Gasteiger partial charge in [0.2, 0.25) is 0 Å². The predicted molar refractivity (Wildman–Crippen MR) is 124 cm³/mol. The van der Waals surface area contributed by atoms with Crippen molar-refractivity contribution in [3.05, 3.63) is 108 Å². The second kappa shape index (κ2) is 9.47. The molecule has 0 unspecified atom stereocenters. The number of allylic oxidation sites excluding steroid dienone is 4. The number of rotatable bonds is 10. The van der Waals surface area contributed by atoms with Gasteiger partial charge in [-0.1, -0.05) is 50.3 Å². The largest absolute Gasteiger partial charge is 0.508 e. The molecular weight excluding hydrogens is 356 g/mol. The molecule has 0 atom stereocenters. The Bertz CT molecular complexity index is 870. The molecule has 2 nitrogen and oxygen atoms in total. The quantitative estimate of drug-likeness (QED) is 0.466. The molecule has 29 heavy (non-hydrogen) atoms. The van der Waals surface area contributed by atoms with Crippen LogP contribution in [-0.2, 0) is 31.1 Å². The fourth-order valence-corrected chi connectivity index (χ4v) is 4.20. The first-order chi connectivity index (χ1) is 13.8. The summed E-state index contributed by atoms with van der Waals surface area (Å²) in [4.78, 5) is 0. The lowest BCUT2D eigenvalue weighted by Gasteiger charge is -2.34.